The number of hydrogen-bond donors (Lipinski definition) is 1. The zero-order chi connectivity index (χ0) is 17.6. The maximum Gasteiger partial charge on any atom is 0.246 e. The maximum atomic E-state index is 12.9. The third kappa shape index (κ3) is 4.73. The largest absolute Gasteiger partial charge is 0.347 e. The Morgan fingerprint density at radius 1 is 1.12 bits per heavy atom. The topological polar surface area (TPSA) is 68.0 Å². The lowest BCUT2D eigenvalue weighted by Crippen LogP contribution is -2.23. The standard InChI is InChI=1S/C19H18FN3O2/c1-13-2-4-14(5-3-13)6-11-17(24)21-12-18-22-19(23-25-18)15-7-9-16(20)10-8-15/h2-5,7-10H,6,11-12H2,1H3,(H,21,24). The fourth-order valence-electron chi connectivity index (χ4n) is 2.32. The molecule has 3 rings (SSSR count). The Morgan fingerprint density at radius 3 is 2.56 bits per heavy atom. The molecule has 0 fully saturated rings. The molecule has 2 aromatic carbocycles. The first kappa shape index (κ1) is 16.8. The minimum atomic E-state index is -0.326. The molecule has 25 heavy (non-hydrogen) atoms. The molecule has 0 spiro atoms. The van der Waals surface area contributed by atoms with Crippen LogP contribution < -0.4 is 5.32 Å². The Hall–Kier alpha value is -3.02. The average molecular weight is 339 g/mol. The summed E-state index contributed by atoms with van der Waals surface area (Å²) in [5, 5.41) is 6.60. The van der Waals surface area contributed by atoms with Crippen molar-refractivity contribution in [1.82, 2.24) is 15.5 Å². The van der Waals surface area contributed by atoms with Gasteiger partial charge in [0.05, 0.1) is 6.54 Å². The first-order valence-corrected chi connectivity index (χ1v) is 8.01. The minimum absolute atomic E-state index is 0.0814. The molecule has 1 amide bonds. The first-order chi connectivity index (χ1) is 12.1. The lowest BCUT2D eigenvalue weighted by atomic mass is 10.1. The molecular formula is C19H18FN3O2. The number of benzene rings is 2. The molecule has 1 aromatic heterocycles. The van der Waals surface area contributed by atoms with Gasteiger partial charge in [-0.05, 0) is 43.2 Å². The molecular weight excluding hydrogens is 321 g/mol. The van der Waals surface area contributed by atoms with Crippen molar-refractivity contribution in [3.63, 3.8) is 0 Å². The quantitative estimate of drug-likeness (QED) is 0.747. The number of rotatable bonds is 6. The summed E-state index contributed by atoms with van der Waals surface area (Å²) in [5.41, 5.74) is 2.97. The van der Waals surface area contributed by atoms with E-state index in [9.17, 15) is 9.18 Å². The number of carbonyl (C=O) groups is 1. The van der Waals surface area contributed by atoms with Crippen molar-refractivity contribution in [2.75, 3.05) is 0 Å². The van der Waals surface area contributed by atoms with Gasteiger partial charge < -0.3 is 9.84 Å². The molecule has 3 aromatic rings. The van der Waals surface area contributed by atoms with E-state index in [0.717, 1.165) is 5.56 Å². The van der Waals surface area contributed by atoms with Crippen LogP contribution in [0.1, 0.15) is 23.4 Å². The van der Waals surface area contributed by atoms with E-state index in [1.807, 2.05) is 31.2 Å². The lowest BCUT2D eigenvalue weighted by molar-refractivity contribution is -0.121. The molecule has 0 radical (unpaired) electrons. The van der Waals surface area contributed by atoms with Crippen LogP contribution in [0.15, 0.2) is 53.1 Å². The monoisotopic (exact) mass is 339 g/mol. The van der Waals surface area contributed by atoms with Crippen molar-refractivity contribution in [3.8, 4) is 11.4 Å². The zero-order valence-corrected chi connectivity index (χ0v) is 13.8. The van der Waals surface area contributed by atoms with Crippen LogP contribution in [0, 0.1) is 12.7 Å². The van der Waals surface area contributed by atoms with Crippen LogP contribution in [-0.4, -0.2) is 16.0 Å². The van der Waals surface area contributed by atoms with Crippen molar-refractivity contribution in [2.45, 2.75) is 26.3 Å². The summed E-state index contributed by atoms with van der Waals surface area (Å²) < 4.78 is 18.0. The number of aromatic nitrogens is 2. The van der Waals surface area contributed by atoms with E-state index in [1.54, 1.807) is 12.1 Å². The van der Waals surface area contributed by atoms with Gasteiger partial charge in [0, 0.05) is 12.0 Å². The highest BCUT2D eigenvalue weighted by Crippen LogP contribution is 2.16. The number of halogens is 1. The molecule has 128 valence electrons. The Kier molecular flexibility index (Phi) is 5.18. The van der Waals surface area contributed by atoms with Crippen LogP contribution in [-0.2, 0) is 17.8 Å². The van der Waals surface area contributed by atoms with Crippen molar-refractivity contribution in [3.05, 3.63) is 71.4 Å². The van der Waals surface area contributed by atoms with E-state index in [-0.39, 0.29) is 18.3 Å². The number of aryl methyl sites for hydroxylation is 2. The van der Waals surface area contributed by atoms with Gasteiger partial charge in [0.1, 0.15) is 5.82 Å². The second-order valence-corrected chi connectivity index (χ2v) is 5.78. The molecule has 0 atom stereocenters. The van der Waals surface area contributed by atoms with Crippen molar-refractivity contribution < 1.29 is 13.7 Å². The van der Waals surface area contributed by atoms with E-state index < -0.39 is 0 Å². The van der Waals surface area contributed by atoms with E-state index in [0.29, 0.717) is 30.1 Å². The molecule has 5 nitrogen and oxygen atoms in total. The summed E-state index contributed by atoms with van der Waals surface area (Å²) in [4.78, 5) is 16.1. The summed E-state index contributed by atoms with van der Waals surface area (Å²) in [6.45, 7) is 2.20. The number of nitrogens with zero attached hydrogens (tertiary/aromatic N) is 2. The normalized spacial score (nSPS) is 10.6. The molecule has 0 aliphatic rings. The van der Waals surface area contributed by atoms with Gasteiger partial charge in [0.25, 0.3) is 0 Å². The predicted octanol–water partition coefficient (Wildman–Crippen LogP) is 3.43. The molecule has 0 bridgehead atoms. The Balaban J connectivity index is 1.49. The summed E-state index contributed by atoms with van der Waals surface area (Å²) in [6.07, 6.45) is 1.07. The number of carbonyl (C=O) groups excluding carboxylic acids is 1. The fourth-order valence-corrected chi connectivity index (χ4v) is 2.32. The third-order valence-corrected chi connectivity index (χ3v) is 3.77. The smallest absolute Gasteiger partial charge is 0.246 e. The Bertz CT molecular complexity index is 842. The van der Waals surface area contributed by atoms with Gasteiger partial charge in [-0.15, -0.1) is 0 Å². The second kappa shape index (κ2) is 7.70. The molecule has 0 aliphatic heterocycles. The van der Waals surface area contributed by atoms with Crippen molar-refractivity contribution in [1.29, 1.82) is 0 Å². The summed E-state index contributed by atoms with van der Waals surface area (Å²) in [5.74, 6) is 0.266. The van der Waals surface area contributed by atoms with Gasteiger partial charge in [0.2, 0.25) is 17.6 Å². The molecule has 0 saturated heterocycles. The van der Waals surface area contributed by atoms with Crippen LogP contribution in [0.3, 0.4) is 0 Å². The van der Waals surface area contributed by atoms with Gasteiger partial charge >= 0.3 is 0 Å². The third-order valence-electron chi connectivity index (χ3n) is 3.77. The van der Waals surface area contributed by atoms with E-state index in [4.69, 9.17) is 4.52 Å². The fraction of sp³-hybridized carbons (Fsp3) is 0.211. The average Bonchev–Trinajstić information content (AvgIpc) is 3.09. The molecule has 0 aliphatic carbocycles. The van der Waals surface area contributed by atoms with Crippen LogP contribution in [0.2, 0.25) is 0 Å². The van der Waals surface area contributed by atoms with E-state index in [2.05, 4.69) is 15.5 Å². The molecule has 0 unspecified atom stereocenters. The van der Waals surface area contributed by atoms with E-state index in [1.165, 1.54) is 17.7 Å². The SMILES string of the molecule is Cc1ccc(CCC(=O)NCc2nc(-c3ccc(F)cc3)no2)cc1. The Morgan fingerprint density at radius 2 is 1.84 bits per heavy atom. The molecule has 1 heterocycles. The van der Waals surface area contributed by atoms with Crippen LogP contribution >= 0.6 is 0 Å². The lowest BCUT2D eigenvalue weighted by Gasteiger charge is -2.03. The van der Waals surface area contributed by atoms with Gasteiger partial charge in [-0.25, -0.2) is 4.39 Å². The van der Waals surface area contributed by atoms with Crippen molar-refractivity contribution in [2.24, 2.45) is 0 Å². The second-order valence-electron chi connectivity index (χ2n) is 5.78. The predicted molar refractivity (Wildman–Crippen MR) is 91.0 cm³/mol. The summed E-state index contributed by atoms with van der Waals surface area (Å²) >= 11 is 0. The zero-order valence-electron chi connectivity index (χ0n) is 13.8. The highest BCUT2D eigenvalue weighted by atomic mass is 19.1. The van der Waals surface area contributed by atoms with Crippen LogP contribution in [0.5, 0.6) is 0 Å². The van der Waals surface area contributed by atoms with Crippen LogP contribution in [0.25, 0.3) is 11.4 Å². The minimum Gasteiger partial charge on any atom is -0.347 e. The van der Waals surface area contributed by atoms with Gasteiger partial charge in [0.15, 0.2) is 0 Å². The van der Waals surface area contributed by atoms with Crippen LogP contribution in [0.4, 0.5) is 4.39 Å². The van der Waals surface area contributed by atoms with E-state index >= 15 is 0 Å². The van der Waals surface area contributed by atoms with Gasteiger partial charge in [-0.3, -0.25) is 4.79 Å². The highest BCUT2D eigenvalue weighted by molar-refractivity contribution is 5.76. The highest BCUT2D eigenvalue weighted by Gasteiger charge is 2.10. The summed E-state index contributed by atoms with van der Waals surface area (Å²) in [7, 11) is 0. The van der Waals surface area contributed by atoms with Crippen molar-refractivity contribution >= 4 is 5.91 Å². The van der Waals surface area contributed by atoms with Gasteiger partial charge in [-0.2, -0.15) is 4.98 Å². The maximum absolute atomic E-state index is 12.9. The number of hydrogen-bond acceptors (Lipinski definition) is 4. The molecule has 6 heteroatoms. The van der Waals surface area contributed by atoms with Gasteiger partial charge in [-0.1, -0.05) is 35.0 Å². The number of nitrogens with one attached hydrogen (secondary N) is 1. The first-order valence-electron chi connectivity index (χ1n) is 8.01. The summed E-state index contributed by atoms with van der Waals surface area (Å²) in [6, 6.07) is 13.9. The number of amides is 1. The molecule has 0 saturated carbocycles. The Labute approximate surface area is 144 Å². The molecule has 1 N–H and O–H groups in total.